The number of ether oxygens (including phenoxy) is 2. The molecule has 1 heterocycles. The molecule has 11 heavy (non-hydrogen) atoms. The first kappa shape index (κ1) is 9.00. The fourth-order valence-corrected chi connectivity index (χ4v) is 5.28. The van der Waals surface area contributed by atoms with Crippen LogP contribution in [0, 0.1) is 0 Å². The van der Waals surface area contributed by atoms with Gasteiger partial charge in [0.05, 0.1) is 6.61 Å². The maximum Gasteiger partial charge on any atom is 0.514 e. The molecule has 0 amide bonds. The molecule has 0 aliphatic heterocycles. The van der Waals surface area contributed by atoms with Gasteiger partial charge < -0.3 is 9.47 Å². The van der Waals surface area contributed by atoms with E-state index in [1.54, 1.807) is 6.92 Å². The number of rotatable bonds is 2. The lowest BCUT2D eigenvalue weighted by Crippen LogP contribution is -2.08. The fraction of sp³-hybridized carbons (Fsp3) is 0.400. The molecule has 0 aliphatic carbocycles. The van der Waals surface area contributed by atoms with Gasteiger partial charge in [0.1, 0.15) is 0 Å². The van der Waals surface area contributed by atoms with Gasteiger partial charge >= 0.3 is 6.16 Å². The predicted octanol–water partition coefficient (Wildman–Crippen LogP) is 3.41. The minimum absolute atomic E-state index is 0.364. The second kappa shape index (κ2) is 4.72. The highest BCUT2D eigenvalue weighted by Gasteiger charge is 2.03. The van der Waals surface area contributed by atoms with E-state index in [9.17, 15) is 4.79 Å². The molecule has 1 unspecified atom stereocenters. The Morgan fingerprint density at radius 2 is 2.64 bits per heavy atom. The van der Waals surface area contributed by atoms with Gasteiger partial charge in [0.25, 0.3) is 0 Å². The van der Waals surface area contributed by atoms with E-state index in [-0.39, 0.29) is 0 Å². The SMILES string of the molecule is CCOC(=O)Oc1cp[pH]p1. The third-order valence-electron chi connectivity index (χ3n) is 0.843. The third-order valence-corrected chi connectivity index (χ3v) is 5.70. The fourth-order valence-electron chi connectivity index (χ4n) is 0.473. The van der Waals surface area contributed by atoms with Crippen LogP contribution in [0.15, 0.2) is 5.80 Å². The summed E-state index contributed by atoms with van der Waals surface area (Å²) in [6.45, 7) is 2.12. The lowest BCUT2D eigenvalue weighted by Gasteiger charge is -1.99. The number of hydrogen-bond acceptors (Lipinski definition) is 3. The highest BCUT2D eigenvalue weighted by molar-refractivity contribution is 8.17. The van der Waals surface area contributed by atoms with Crippen molar-refractivity contribution in [3.63, 3.8) is 0 Å². The minimum Gasteiger partial charge on any atom is -0.434 e. The minimum atomic E-state index is -0.590. The van der Waals surface area contributed by atoms with E-state index >= 15 is 0 Å². The summed E-state index contributed by atoms with van der Waals surface area (Å²) in [6.07, 6.45) is -0.590. The van der Waals surface area contributed by atoms with Crippen LogP contribution >= 0.6 is 23.3 Å². The first-order valence-electron chi connectivity index (χ1n) is 3.03. The summed E-state index contributed by atoms with van der Waals surface area (Å²) in [5, 5.41) is 0. The van der Waals surface area contributed by atoms with Crippen LogP contribution in [-0.4, -0.2) is 12.8 Å². The normalized spacial score (nSPS) is 11.4. The standard InChI is InChI=1S/C5H7O3P3/c1-2-7-5(6)8-4-3-9-11-10-4/h3,11H,2H2,1H3. The summed E-state index contributed by atoms with van der Waals surface area (Å²) in [5.74, 6) is 1.90. The van der Waals surface area contributed by atoms with Gasteiger partial charge in [-0.1, -0.05) is 7.55 Å². The quantitative estimate of drug-likeness (QED) is 0.698. The molecule has 0 bridgehead atoms. The van der Waals surface area contributed by atoms with Crippen LogP contribution < -0.4 is 4.74 Å². The molecule has 3 nitrogen and oxygen atoms in total. The van der Waals surface area contributed by atoms with E-state index in [2.05, 4.69) is 4.74 Å². The van der Waals surface area contributed by atoms with Crippen molar-refractivity contribution in [2.75, 3.05) is 6.61 Å². The summed E-state index contributed by atoms with van der Waals surface area (Å²) in [7, 11) is 3.15. The second-order valence-corrected chi connectivity index (χ2v) is 6.82. The van der Waals surface area contributed by atoms with Gasteiger partial charge in [0.15, 0.2) is 5.48 Å². The zero-order valence-electron chi connectivity index (χ0n) is 5.90. The van der Waals surface area contributed by atoms with E-state index in [1.165, 1.54) is 7.87 Å². The van der Waals surface area contributed by atoms with Crippen molar-refractivity contribution in [3.8, 4) is 5.48 Å². The van der Waals surface area contributed by atoms with Crippen molar-refractivity contribution in [2.45, 2.75) is 6.92 Å². The van der Waals surface area contributed by atoms with E-state index in [1.807, 2.05) is 5.80 Å². The Hall–Kier alpha value is -0.0900. The summed E-state index contributed by atoms with van der Waals surface area (Å²) in [5.41, 5.74) is 0.725. The summed E-state index contributed by atoms with van der Waals surface area (Å²) < 4.78 is 9.44. The second-order valence-electron chi connectivity index (χ2n) is 1.59. The Bertz CT molecular complexity index is 221. The van der Waals surface area contributed by atoms with Crippen molar-refractivity contribution < 1.29 is 14.3 Å². The lowest BCUT2D eigenvalue weighted by atomic mass is 10.9. The van der Waals surface area contributed by atoms with Crippen LogP contribution in [0.3, 0.4) is 0 Å². The van der Waals surface area contributed by atoms with Crippen LogP contribution in [0.5, 0.6) is 5.48 Å². The molecule has 1 rings (SSSR count). The molecule has 0 aromatic carbocycles. The number of carbonyl (C=O) groups is 1. The molecule has 1 aromatic rings. The van der Waals surface area contributed by atoms with Crippen LogP contribution in [0.25, 0.3) is 0 Å². The Morgan fingerprint density at radius 1 is 1.82 bits per heavy atom. The molecule has 1 atom stereocenters. The summed E-state index contributed by atoms with van der Waals surface area (Å²) in [6, 6.07) is 0. The maximum atomic E-state index is 10.7. The van der Waals surface area contributed by atoms with Gasteiger partial charge in [-0.15, -0.1) is 0 Å². The van der Waals surface area contributed by atoms with E-state index < -0.39 is 6.16 Å². The average Bonchev–Trinajstić information content (AvgIpc) is 2.40. The highest BCUT2D eigenvalue weighted by Crippen LogP contribution is 2.42. The Labute approximate surface area is 69.2 Å². The van der Waals surface area contributed by atoms with E-state index in [0.717, 1.165) is 20.9 Å². The monoisotopic (exact) mass is 208 g/mol. The first-order valence-corrected chi connectivity index (χ1v) is 7.57. The predicted molar refractivity (Wildman–Crippen MR) is 48.6 cm³/mol. The third kappa shape index (κ3) is 3.20. The van der Waals surface area contributed by atoms with Gasteiger partial charge in [0, 0.05) is 5.80 Å². The van der Waals surface area contributed by atoms with Crippen LogP contribution in [0.1, 0.15) is 6.92 Å². The Morgan fingerprint density at radius 3 is 3.18 bits per heavy atom. The molecule has 6 heteroatoms. The van der Waals surface area contributed by atoms with Crippen molar-refractivity contribution in [1.82, 2.24) is 0 Å². The largest absolute Gasteiger partial charge is 0.514 e. The van der Waals surface area contributed by atoms with E-state index in [0.29, 0.717) is 6.61 Å². The van der Waals surface area contributed by atoms with Crippen LogP contribution in [0.2, 0.25) is 0 Å². The number of hydrogen-bond donors (Lipinski definition) is 0. The van der Waals surface area contributed by atoms with Gasteiger partial charge in [-0.2, -0.15) is 0 Å². The highest BCUT2D eigenvalue weighted by atomic mass is 32.1. The van der Waals surface area contributed by atoms with Gasteiger partial charge in [-0.3, -0.25) is 0 Å². The molecule has 0 saturated heterocycles. The molecule has 0 spiro atoms. The van der Waals surface area contributed by atoms with Crippen LogP contribution in [-0.2, 0) is 4.74 Å². The topological polar surface area (TPSA) is 35.5 Å². The Kier molecular flexibility index (Phi) is 3.86. The van der Waals surface area contributed by atoms with Crippen LogP contribution in [0.4, 0.5) is 4.79 Å². The molecule has 1 aromatic heterocycles. The van der Waals surface area contributed by atoms with Gasteiger partial charge in [0.2, 0.25) is 0 Å². The molecule has 0 radical (unpaired) electrons. The molecule has 60 valence electrons. The molecular formula is C5H7O3P3. The summed E-state index contributed by atoms with van der Waals surface area (Å²) >= 11 is 0. The molecule has 0 aliphatic rings. The van der Waals surface area contributed by atoms with Gasteiger partial charge in [-0.05, 0) is 22.7 Å². The van der Waals surface area contributed by atoms with E-state index in [4.69, 9.17) is 4.74 Å². The van der Waals surface area contributed by atoms with Gasteiger partial charge in [-0.25, -0.2) is 4.79 Å². The smallest absolute Gasteiger partial charge is 0.434 e. The average molecular weight is 208 g/mol. The lowest BCUT2D eigenvalue weighted by molar-refractivity contribution is 0.106. The molecular weight excluding hydrogens is 201 g/mol. The maximum absolute atomic E-state index is 10.7. The first-order chi connectivity index (χ1) is 5.33. The number of carbonyl (C=O) groups excluding carboxylic acids is 1. The Balaban J connectivity index is 2.37. The van der Waals surface area contributed by atoms with Crippen molar-refractivity contribution >= 4 is 29.4 Å². The summed E-state index contributed by atoms with van der Waals surface area (Å²) in [4.78, 5) is 10.7. The molecule has 0 N–H and O–H groups in total. The zero-order valence-corrected chi connectivity index (χ0v) is 8.69. The van der Waals surface area contributed by atoms with Crippen molar-refractivity contribution in [2.24, 2.45) is 0 Å². The molecule has 0 fully saturated rings. The van der Waals surface area contributed by atoms with Crippen molar-refractivity contribution in [3.05, 3.63) is 5.80 Å². The van der Waals surface area contributed by atoms with Crippen molar-refractivity contribution in [1.29, 1.82) is 0 Å². The zero-order chi connectivity index (χ0) is 8.10. The molecule has 0 saturated carbocycles.